The summed E-state index contributed by atoms with van der Waals surface area (Å²) in [5.41, 5.74) is 5.23. The van der Waals surface area contributed by atoms with E-state index in [-0.39, 0.29) is 0 Å². The molecule has 2 fully saturated rings. The second-order valence-corrected chi connectivity index (χ2v) is 5.84. The molecule has 2 heterocycles. The van der Waals surface area contributed by atoms with Gasteiger partial charge in [0, 0.05) is 50.7 Å². The SMILES string of the molecule is NC(=NCC1(O)CCOCC1)N1CCSCC1. The van der Waals surface area contributed by atoms with Crippen molar-refractivity contribution >= 4 is 17.7 Å². The molecule has 2 aliphatic rings. The van der Waals surface area contributed by atoms with Gasteiger partial charge >= 0.3 is 0 Å². The number of nitrogens with two attached hydrogens (primary N) is 1. The van der Waals surface area contributed by atoms with Gasteiger partial charge in [0.2, 0.25) is 0 Å². The van der Waals surface area contributed by atoms with E-state index in [4.69, 9.17) is 10.5 Å². The van der Waals surface area contributed by atoms with Gasteiger partial charge in [0.15, 0.2) is 5.96 Å². The molecule has 0 aromatic carbocycles. The largest absolute Gasteiger partial charge is 0.388 e. The summed E-state index contributed by atoms with van der Waals surface area (Å²) >= 11 is 1.94. The first-order valence-electron chi connectivity index (χ1n) is 6.12. The first-order valence-corrected chi connectivity index (χ1v) is 7.28. The van der Waals surface area contributed by atoms with Crippen molar-refractivity contribution in [3.63, 3.8) is 0 Å². The number of ether oxygens (including phenoxy) is 1. The van der Waals surface area contributed by atoms with E-state index in [2.05, 4.69) is 9.89 Å². The molecule has 3 N–H and O–H groups in total. The van der Waals surface area contributed by atoms with Crippen LogP contribution in [0.2, 0.25) is 0 Å². The summed E-state index contributed by atoms with van der Waals surface area (Å²) in [6, 6.07) is 0. The third-order valence-electron chi connectivity index (χ3n) is 3.29. The lowest BCUT2D eigenvalue weighted by molar-refractivity contribution is -0.0566. The molecule has 2 aliphatic heterocycles. The van der Waals surface area contributed by atoms with Crippen molar-refractivity contribution in [3.05, 3.63) is 0 Å². The van der Waals surface area contributed by atoms with Gasteiger partial charge in [-0.3, -0.25) is 4.99 Å². The molecule has 0 aromatic heterocycles. The predicted octanol–water partition coefficient (Wildman–Crippen LogP) is -0.109. The molecule has 0 bridgehead atoms. The molecular formula is C11H21N3O2S. The second kappa shape index (κ2) is 5.93. The van der Waals surface area contributed by atoms with Crippen LogP contribution >= 0.6 is 11.8 Å². The van der Waals surface area contributed by atoms with Crippen molar-refractivity contribution in [2.45, 2.75) is 18.4 Å². The third-order valence-corrected chi connectivity index (χ3v) is 4.24. The molecule has 0 spiro atoms. The Morgan fingerprint density at radius 3 is 2.65 bits per heavy atom. The Morgan fingerprint density at radius 1 is 1.35 bits per heavy atom. The van der Waals surface area contributed by atoms with E-state index in [1.807, 2.05) is 11.8 Å². The summed E-state index contributed by atoms with van der Waals surface area (Å²) in [4.78, 5) is 6.45. The number of guanidine groups is 1. The number of thioether (sulfide) groups is 1. The van der Waals surface area contributed by atoms with E-state index >= 15 is 0 Å². The summed E-state index contributed by atoms with van der Waals surface area (Å²) in [6.07, 6.45) is 1.30. The van der Waals surface area contributed by atoms with Gasteiger partial charge in [-0.05, 0) is 0 Å². The van der Waals surface area contributed by atoms with E-state index in [0.717, 1.165) is 24.6 Å². The second-order valence-electron chi connectivity index (χ2n) is 4.61. The van der Waals surface area contributed by atoms with Crippen LogP contribution in [0.5, 0.6) is 0 Å². The Bertz CT molecular complexity index is 274. The predicted molar refractivity (Wildman–Crippen MR) is 70.4 cm³/mol. The Labute approximate surface area is 106 Å². The highest BCUT2D eigenvalue weighted by Crippen LogP contribution is 2.20. The highest BCUT2D eigenvalue weighted by Gasteiger charge is 2.29. The van der Waals surface area contributed by atoms with E-state index in [1.165, 1.54) is 0 Å². The maximum absolute atomic E-state index is 10.3. The maximum atomic E-state index is 10.3. The van der Waals surface area contributed by atoms with Gasteiger partial charge in [-0.2, -0.15) is 11.8 Å². The number of aliphatic imine (C=N–C) groups is 1. The number of rotatable bonds is 2. The van der Waals surface area contributed by atoms with Crippen molar-refractivity contribution in [2.75, 3.05) is 44.4 Å². The van der Waals surface area contributed by atoms with Crippen LogP contribution in [0.4, 0.5) is 0 Å². The summed E-state index contributed by atoms with van der Waals surface area (Å²) in [7, 11) is 0. The number of hydrogen-bond acceptors (Lipinski definition) is 4. The lowest BCUT2D eigenvalue weighted by Gasteiger charge is -2.32. The van der Waals surface area contributed by atoms with E-state index in [0.29, 0.717) is 38.6 Å². The summed E-state index contributed by atoms with van der Waals surface area (Å²) in [6.45, 7) is 3.55. The van der Waals surface area contributed by atoms with Crippen molar-refractivity contribution < 1.29 is 9.84 Å². The molecule has 98 valence electrons. The van der Waals surface area contributed by atoms with Gasteiger partial charge in [-0.1, -0.05) is 0 Å². The quantitative estimate of drug-likeness (QED) is 0.535. The minimum atomic E-state index is -0.715. The number of hydrogen-bond donors (Lipinski definition) is 2. The van der Waals surface area contributed by atoms with Gasteiger partial charge in [-0.15, -0.1) is 0 Å². The van der Waals surface area contributed by atoms with Crippen LogP contribution in [-0.4, -0.2) is 65.9 Å². The summed E-state index contributed by atoms with van der Waals surface area (Å²) in [5.74, 6) is 2.79. The molecule has 0 saturated carbocycles. The topological polar surface area (TPSA) is 71.1 Å². The minimum Gasteiger partial charge on any atom is -0.388 e. The highest BCUT2D eigenvalue weighted by molar-refractivity contribution is 7.99. The molecular weight excluding hydrogens is 238 g/mol. The van der Waals surface area contributed by atoms with Gasteiger partial charge in [-0.25, -0.2) is 0 Å². The van der Waals surface area contributed by atoms with Gasteiger partial charge in [0.1, 0.15) is 0 Å². The van der Waals surface area contributed by atoms with Crippen molar-refractivity contribution in [1.82, 2.24) is 4.90 Å². The van der Waals surface area contributed by atoms with E-state index in [1.54, 1.807) is 0 Å². The lowest BCUT2D eigenvalue weighted by Crippen LogP contribution is -2.45. The minimum absolute atomic E-state index is 0.395. The van der Waals surface area contributed by atoms with Gasteiger partial charge in [0.05, 0.1) is 12.1 Å². The van der Waals surface area contributed by atoms with Crippen LogP contribution < -0.4 is 5.73 Å². The van der Waals surface area contributed by atoms with E-state index < -0.39 is 5.60 Å². The summed E-state index contributed by atoms with van der Waals surface area (Å²) in [5, 5.41) is 10.3. The van der Waals surface area contributed by atoms with Gasteiger partial charge in [0.25, 0.3) is 0 Å². The van der Waals surface area contributed by atoms with Crippen molar-refractivity contribution in [3.8, 4) is 0 Å². The van der Waals surface area contributed by atoms with E-state index in [9.17, 15) is 5.11 Å². The standard InChI is InChI=1S/C11H21N3O2S/c12-10(14-3-7-17-8-4-14)13-9-11(15)1-5-16-6-2-11/h15H,1-9H2,(H2,12,13). The maximum Gasteiger partial charge on any atom is 0.191 e. The molecule has 0 radical (unpaired) electrons. The molecule has 6 heteroatoms. The molecule has 0 aliphatic carbocycles. The Kier molecular flexibility index (Phi) is 4.53. The van der Waals surface area contributed by atoms with Crippen LogP contribution in [0, 0.1) is 0 Å². The smallest absolute Gasteiger partial charge is 0.191 e. The number of aliphatic hydroxyl groups is 1. The molecule has 0 amide bonds. The van der Waals surface area contributed by atoms with Crippen LogP contribution in [0.3, 0.4) is 0 Å². The Balaban J connectivity index is 1.85. The zero-order chi connectivity index (χ0) is 12.1. The normalized spacial score (nSPS) is 25.9. The van der Waals surface area contributed by atoms with Crippen molar-refractivity contribution in [2.24, 2.45) is 10.7 Å². The number of nitrogens with zero attached hydrogens (tertiary/aromatic N) is 2. The lowest BCUT2D eigenvalue weighted by atomic mass is 9.95. The molecule has 2 rings (SSSR count). The third kappa shape index (κ3) is 3.76. The fourth-order valence-corrected chi connectivity index (χ4v) is 2.93. The molecule has 0 unspecified atom stereocenters. The molecule has 5 nitrogen and oxygen atoms in total. The van der Waals surface area contributed by atoms with Gasteiger partial charge < -0.3 is 20.5 Å². The first-order chi connectivity index (χ1) is 8.20. The fourth-order valence-electron chi connectivity index (χ4n) is 2.03. The highest BCUT2D eigenvalue weighted by atomic mass is 32.2. The van der Waals surface area contributed by atoms with Crippen LogP contribution in [-0.2, 0) is 4.74 Å². The van der Waals surface area contributed by atoms with Crippen LogP contribution in [0.1, 0.15) is 12.8 Å². The summed E-state index contributed by atoms with van der Waals surface area (Å²) < 4.78 is 5.24. The first kappa shape index (κ1) is 13.0. The zero-order valence-electron chi connectivity index (χ0n) is 10.1. The Morgan fingerprint density at radius 2 is 2.00 bits per heavy atom. The van der Waals surface area contributed by atoms with Crippen molar-refractivity contribution in [1.29, 1.82) is 0 Å². The molecule has 2 saturated heterocycles. The monoisotopic (exact) mass is 259 g/mol. The molecule has 0 atom stereocenters. The average Bonchev–Trinajstić information content (AvgIpc) is 2.38. The molecule has 17 heavy (non-hydrogen) atoms. The van der Waals surface area contributed by atoms with Crippen LogP contribution in [0.25, 0.3) is 0 Å². The Hall–Kier alpha value is -0.460. The van der Waals surface area contributed by atoms with Crippen LogP contribution in [0.15, 0.2) is 4.99 Å². The average molecular weight is 259 g/mol. The zero-order valence-corrected chi connectivity index (χ0v) is 10.9. The fraction of sp³-hybridized carbons (Fsp3) is 0.909. The molecule has 0 aromatic rings.